The Morgan fingerprint density at radius 2 is 1.43 bits per heavy atom. The third kappa shape index (κ3) is 4.28. The topological polar surface area (TPSA) is 60.4 Å². The zero-order valence-corrected chi connectivity index (χ0v) is 13.0. The molecule has 2 rings (SSSR count). The third-order valence-electron chi connectivity index (χ3n) is 2.65. The predicted molar refractivity (Wildman–Crippen MR) is 80.9 cm³/mol. The highest BCUT2D eigenvalue weighted by Crippen LogP contribution is 2.23. The van der Waals surface area contributed by atoms with Gasteiger partial charge in [-0.25, -0.2) is 0 Å². The first-order valence-corrected chi connectivity index (χ1v) is 7.99. The lowest BCUT2D eigenvalue weighted by molar-refractivity contribution is -0.113. The van der Waals surface area contributed by atoms with Crippen LogP contribution in [-0.4, -0.2) is 20.3 Å². The van der Waals surface area contributed by atoms with Gasteiger partial charge in [0.15, 0.2) is 0 Å². The Bertz CT molecular complexity index is 738. The molecule has 0 atom stereocenters. The van der Waals surface area contributed by atoms with E-state index in [1.54, 1.807) is 24.3 Å². The molecule has 0 saturated heterocycles. The Morgan fingerprint density at radius 1 is 0.952 bits per heavy atom. The Labute approximate surface area is 132 Å². The van der Waals surface area contributed by atoms with Gasteiger partial charge >= 0.3 is 0 Å². The lowest BCUT2D eigenvalue weighted by Gasteiger charge is -2.06. The molecule has 0 spiro atoms. The second-order valence-corrected chi connectivity index (χ2v) is 6.58. The highest BCUT2D eigenvalue weighted by atomic mass is 35.5. The van der Waals surface area contributed by atoms with Gasteiger partial charge in [0, 0.05) is 5.02 Å². The van der Waals surface area contributed by atoms with Crippen LogP contribution in [0.4, 0.5) is 0 Å². The number of rotatable bonds is 5. The van der Waals surface area contributed by atoms with E-state index in [4.69, 9.17) is 23.2 Å². The predicted octanol–water partition coefficient (Wildman–Crippen LogP) is 3.48. The monoisotopic (exact) mass is 344 g/mol. The summed E-state index contributed by atoms with van der Waals surface area (Å²) in [6, 6.07) is 13.2. The van der Waals surface area contributed by atoms with Crippen LogP contribution in [-0.2, 0) is 19.1 Å². The third-order valence-corrected chi connectivity index (χ3v) is 4.29. The molecule has 4 nitrogen and oxygen atoms in total. The molecule has 0 aliphatic carbocycles. The fourth-order valence-corrected chi connectivity index (χ4v) is 2.76. The van der Waals surface area contributed by atoms with Crippen LogP contribution in [0.25, 0.3) is 11.1 Å². The van der Waals surface area contributed by atoms with Crippen LogP contribution < -0.4 is 0 Å². The van der Waals surface area contributed by atoms with Gasteiger partial charge in [-0.2, -0.15) is 8.42 Å². The summed E-state index contributed by atoms with van der Waals surface area (Å²) >= 11 is 10.9. The van der Waals surface area contributed by atoms with Gasteiger partial charge in [-0.05, 0) is 47.0 Å². The van der Waals surface area contributed by atoms with E-state index in [0.29, 0.717) is 5.02 Å². The van der Waals surface area contributed by atoms with E-state index in [1.165, 1.54) is 12.1 Å². The Hall–Kier alpha value is -1.40. The molecule has 0 aromatic heterocycles. The maximum atomic E-state index is 11.8. The van der Waals surface area contributed by atoms with Crippen LogP contribution in [0.15, 0.2) is 53.4 Å². The van der Waals surface area contributed by atoms with Crippen molar-refractivity contribution in [3.05, 3.63) is 53.6 Å². The summed E-state index contributed by atoms with van der Waals surface area (Å²) < 4.78 is 28.1. The van der Waals surface area contributed by atoms with Crippen LogP contribution in [0.3, 0.4) is 0 Å². The van der Waals surface area contributed by atoms with E-state index >= 15 is 0 Å². The zero-order chi connectivity index (χ0) is 15.5. The molecule has 0 saturated carbocycles. The van der Waals surface area contributed by atoms with Crippen molar-refractivity contribution in [3.63, 3.8) is 0 Å². The minimum absolute atomic E-state index is 0.0434. The summed E-state index contributed by atoms with van der Waals surface area (Å²) in [7, 11) is -3.99. The average molecular weight is 345 g/mol. The number of carbonyl (C=O) groups excluding carboxylic acids is 1. The second-order valence-electron chi connectivity index (χ2n) is 4.10. The lowest BCUT2D eigenvalue weighted by Crippen LogP contribution is -2.10. The number of halogens is 2. The quantitative estimate of drug-likeness (QED) is 0.615. The molecule has 0 amide bonds. The number of hydrogen-bond acceptors (Lipinski definition) is 4. The van der Waals surface area contributed by atoms with Crippen LogP contribution >= 0.6 is 23.2 Å². The van der Waals surface area contributed by atoms with Gasteiger partial charge in [-0.3, -0.25) is 8.98 Å². The molecule has 21 heavy (non-hydrogen) atoms. The standard InChI is InChI=1S/C14H10Cl2O4S/c15-12-5-1-10(2-6-12)11-3-7-13(8-4-11)21(18,19)20-9-14(16)17/h1-8H,9H2. The van der Waals surface area contributed by atoms with Crippen molar-refractivity contribution in [2.45, 2.75) is 4.90 Å². The van der Waals surface area contributed by atoms with Crippen LogP contribution in [0.2, 0.25) is 5.02 Å². The molecule has 2 aromatic rings. The van der Waals surface area contributed by atoms with Crippen LogP contribution in [0.1, 0.15) is 0 Å². The Balaban J connectivity index is 2.22. The van der Waals surface area contributed by atoms with Crippen molar-refractivity contribution in [1.82, 2.24) is 0 Å². The summed E-state index contributed by atoms with van der Waals surface area (Å²) in [5.74, 6) is 0. The highest BCUT2D eigenvalue weighted by Gasteiger charge is 2.16. The molecule has 2 aromatic carbocycles. The lowest BCUT2D eigenvalue weighted by atomic mass is 10.1. The summed E-state index contributed by atoms with van der Waals surface area (Å²) in [6.45, 7) is -0.692. The van der Waals surface area contributed by atoms with E-state index in [1.807, 2.05) is 12.1 Å². The molecule has 0 N–H and O–H groups in total. The molecule has 0 aliphatic rings. The fourth-order valence-electron chi connectivity index (χ4n) is 1.65. The molecule has 0 bridgehead atoms. The van der Waals surface area contributed by atoms with Crippen molar-refractivity contribution < 1.29 is 17.4 Å². The zero-order valence-electron chi connectivity index (χ0n) is 10.6. The van der Waals surface area contributed by atoms with Gasteiger partial charge < -0.3 is 0 Å². The van der Waals surface area contributed by atoms with Crippen molar-refractivity contribution in [1.29, 1.82) is 0 Å². The number of hydrogen-bond donors (Lipinski definition) is 0. The van der Waals surface area contributed by atoms with Gasteiger partial charge in [0.25, 0.3) is 10.1 Å². The Kier molecular flexibility index (Phi) is 5.00. The van der Waals surface area contributed by atoms with Gasteiger partial charge in [0.05, 0.1) is 4.90 Å². The highest BCUT2D eigenvalue weighted by molar-refractivity contribution is 7.86. The van der Waals surface area contributed by atoms with Crippen molar-refractivity contribution in [2.24, 2.45) is 0 Å². The summed E-state index contributed by atoms with van der Waals surface area (Å²) in [4.78, 5) is 10.5. The fraction of sp³-hybridized carbons (Fsp3) is 0.0714. The van der Waals surface area contributed by atoms with Crippen LogP contribution in [0.5, 0.6) is 0 Å². The largest absolute Gasteiger partial charge is 0.297 e. The minimum atomic E-state index is -3.99. The molecule has 0 fully saturated rings. The van der Waals surface area contributed by atoms with Gasteiger partial charge in [0.2, 0.25) is 5.24 Å². The first-order chi connectivity index (χ1) is 9.88. The molecule has 0 aliphatic heterocycles. The van der Waals surface area contributed by atoms with E-state index in [0.717, 1.165) is 11.1 Å². The SMILES string of the molecule is O=C(Cl)COS(=O)(=O)c1ccc(-c2ccc(Cl)cc2)cc1. The summed E-state index contributed by atoms with van der Waals surface area (Å²) in [5.41, 5.74) is 1.74. The number of benzene rings is 2. The summed E-state index contributed by atoms with van der Waals surface area (Å²) in [5, 5.41) is -0.256. The van der Waals surface area contributed by atoms with Crippen LogP contribution in [0, 0.1) is 0 Å². The Morgan fingerprint density at radius 3 is 1.90 bits per heavy atom. The molecule has 110 valence electrons. The molecule has 0 radical (unpaired) electrons. The molecular formula is C14H10Cl2O4S. The number of carbonyl (C=O) groups is 1. The first kappa shape index (κ1) is 16.0. The normalized spacial score (nSPS) is 11.3. The minimum Gasteiger partial charge on any atom is -0.279 e. The average Bonchev–Trinajstić information content (AvgIpc) is 2.46. The molecule has 0 unspecified atom stereocenters. The van der Waals surface area contributed by atoms with Crippen molar-refractivity contribution in [2.75, 3.05) is 6.61 Å². The van der Waals surface area contributed by atoms with E-state index in [9.17, 15) is 13.2 Å². The van der Waals surface area contributed by atoms with Crippen molar-refractivity contribution in [3.8, 4) is 11.1 Å². The van der Waals surface area contributed by atoms with Crippen molar-refractivity contribution >= 4 is 38.6 Å². The van der Waals surface area contributed by atoms with E-state index in [2.05, 4.69) is 4.18 Å². The molecule has 7 heteroatoms. The van der Waals surface area contributed by atoms with Gasteiger partial charge in [-0.1, -0.05) is 35.9 Å². The smallest absolute Gasteiger partial charge is 0.279 e. The second kappa shape index (κ2) is 6.58. The summed E-state index contributed by atoms with van der Waals surface area (Å²) in [6.07, 6.45) is 0. The molecular weight excluding hydrogens is 335 g/mol. The maximum Gasteiger partial charge on any atom is 0.297 e. The maximum absolute atomic E-state index is 11.8. The van der Waals surface area contributed by atoms with E-state index in [-0.39, 0.29) is 4.90 Å². The first-order valence-electron chi connectivity index (χ1n) is 5.82. The van der Waals surface area contributed by atoms with Gasteiger partial charge in [0.1, 0.15) is 6.61 Å². The van der Waals surface area contributed by atoms with E-state index < -0.39 is 22.0 Å². The van der Waals surface area contributed by atoms with Gasteiger partial charge in [-0.15, -0.1) is 0 Å². The molecule has 0 heterocycles.